The molecule has 1 unspecified atom stereocenters. The molecule has 0 bridgehead atoms. The topological polar surface area (TPSA) is 83.6 Å². The molecular formula is C10H17F3N2O3. The van der Waals surface area contributed by atoms with E-state index >= 15 is 0 Å². The second-order valence-corrected chi connectivity index (χ2v) is 4.49. The number of hydrogen-bond acceptors (Lipinski definition) is 3. The van der Waals surface area contributed by atoms with Crippen LogP contribution in [0.4, 0.5) is 13.2 Å². The Morgan fingerprint density at radius 3 is 2.06 bits per heavy atom. The molecule has 3 N–H and O–H groups in total. The fourth-order valence-electron chi connectivity index (χ4n) is 1.52. The van der Waals surface area contributed by atoms with E-state index in [9.17, 15) is 22.8 Å². The first kappa shape index (κ1) is 16.7. The summed E-state index contributed by atoms with van der Waals surface area (Å²) in [6, 6.07) is 0. The Bertz CT molecular complexity index is 305. The van der Waals surface area contributed by atoms with Crippen LogP contribution in [0, 0.1) is 11.8 Å². The van der Waals surface area contributed by atoms with Gasteiger partial charge in [-0.15, -0.1) is 0 Å². The third-order valence-corrected chi connectivity index (χ3v) is 2.14. The van der Waals surface area contributed by atoms with Crippen molar-refractivity contribution in [1.29, 1.82) is 0 Å². The van der Waals surface area contributed by atoms with Gasteiger partial charge < -0.3 is 10.8 Å². The second kappa shape index (κ2) is 6.58. The Hall–Kier alpha value is -1.31. The van der Waals surface area contributed by atoms with Crippen LogP contribution in [0.25, 0.3) is 0 Å². The normalized spacial score (nSPS) is 13.9. The summed E-state index contributed by atoms with van der Waals surface area (Å²) in [5.41, 5.74) is 4.92. The van der Waals surface area contributed by atoms with Crippen molar-refractivity contribution in [3.05, 3.63) is 0 Å². The van der Waals surface area contributed by atoms with Gasteiger partial charge in [-0.2, -0.15) is 13.2 Å². The summed E-state index contributed by atoms with van der Waals surface area (Å²) < 4.78 is 37.4. The van der Waals surface area contributed by atoms with Crippen molar-refractivity contribution < 1.29 is 27.9 Å². The van der Waals surface area contributed by atoms with Gasteiger partial charge in [-0.05, 0) is 5.92 Å². The number of carbonyl (C=O) groups excluding carboxylic acids is 1. The number of rotatable bonds is 7. The molecule has 0 aliphatic rings. The summed E-state index contributed by atoms with van der Waals surface area (Å²) in [7, 11) is 0. The summed E-state index contributed by atoms with van der Waals surface area (Å²) in [5.74, 6) is -5.27. The lowest BCUT2D eigenvalue weighted by atomic mass is 10.1. The van der Waals surface area contributed by atoms with E-state index in [4.69, 9.17) is 10.8 Å². The van der Waals surface area contributed by atoms with Crippen molar-refractivity contribution in [1.82, 2.24) is 4.90 Å². The van der Waals surface area contributed by atoms with Crippen molar-refractivity contribution >= 4 is 11.9 Å². The fraction of sp³-hybridized carbons (Fsp3) is 0.800. The molecule has 0 radical (unpaired) electrons. The van der Waals surface area contributed by atoms with Crippen LogP contribution in [-0.2, 0) is 9.59 Å². The zero-order chi connectivity index (χ0) is 14.5. The zero-order valence-electron chi connectivity index (χ0n) is 10.2. The Balaban J connectivity index is 4.80. The fourth-order valence-corrected chi connectivity index (χ4v) is 1.52. The van der Waals surface area contributed by atoms with Crippen LogP contribution in [0.2, 0.25) is 0 Å². The van der Waals surface area contributed by atoms with Gasteiger partial charge in [-0.25, -0.2) is 0 Å². The number of carbonyl (C=O) groups is 2. The highest BCUT2D eigenvalue weighted by Gasteiger charge is 2.46. The molecule has 8 heteroatoms. The van der Waals surface area contributed by atoms with E-state index in [-0.39, 0.29) is 12.5 Å². The summed E-state index contributed by atoms with van der Waals surface area (Å²) in [4.78, 5) is 22.4. The summed E-state index contributed by atoms with van der Waals surface area (Å²) in [5, 5.41) is 8.56. The highest BCUT2D eigenvalue weighted by molar-refractivity contribution is 5.76. The first-order valence-electron chi connectivity index (χ1n) is 5.34. The lowest BCUT2D eigenvalue weighted by Crippen LogP contribution is -2.45. The molecule has 0 aromatic heterocycles. The quantitative estimate of drug-likeness (QED) is 0.713. The predicted octanol–water partition coefficient (Wildman–Crippen LogP) is 0.693. The van der Waals surface area contributed by atoms with E-state index in [1.54, 1.807) is 13.8 Å². The smallest absolute Gasteiger partial charge is 0.403 e. The Labute approximate surface area is 103 Å². The highest BCUT2D eigenvalue weighted by Crippen LogP contribution is 2.27. The van der Waals surface area contributed by atoms with Gasteiger partial charge in [0.05, 0.1) is 6.54 Å². The number of aliphatic carboxylic acids is 1. The van der Waals surface area contributed by atoms with Gasteiger partial charge in [-0.1, -0.05) is 13.8 Å². The lowest BCUT2D eigenvalue weighted by Gasteiger charge is -2.26. The van der Waals surface area contributed by atoms with E-state index in [0.717, 1.165) is 4.90 Å². The first-order valence-corrected chi connectivity index (χ1v) is 5.34. The summed E-state index contributed by atoms with van der Waals surface area (Å²) in [6.07, 6.45) is -4.85. The standard InChI is InChI=1S/C10H17F3N2O3/c1-6(2)3-15(5-8(14)16)4-7(9(17)18)10(11,12)13/h6-7H,3-5H2,1-2H3,(H2,14,16)(H,17,18). The van der Waals surface area contributed by atoms with Crippen molar-refractivity contribution in [3.63, 3.8) is 0 Å². The van der Waals surface area contributed by atoms with Gasteiger partial charge >= 0.3 is 12.1 Å². The van der Waals surface area contributed by atoms with Crippen LogP contribution in [0.5, 0.6) is 0 Å². The molecule has 0 saturated carbocycles. The van der Waals surface area contributed by atoms with E-state index in [1.807, 2.05) is 0 Å². The average molecular weight is 270 g/mol. The van der Waals surface area contributed by atoms with E-state index in [1.165, 1.54) is 0 Å². The maximum atomic E-state index is 12.5. The molecule has 5 nitrogen and oxygen atoms in total. The molecule has 1 amide bonds. The van der Waals surface area contributed by atoms with Gasteiger partial charge in [0.1, 0.15) is 0 Å². The van der Waals surface area contributed by atoms with Gasteiger partial charge in [0.25, 0.3) is 0 Å². The monoisotopic (exact) mass is 270 g/mol. The number of alkyl halides is 3. The van der Waals surface area contributed by atoms with Gasteiger partial charge in [0, 0.05) is 13.1 Å². The summed E-state index contributed by atoms with van der Waals surface area (Å²) >= 11 is 0. The number of nitrogens with zero attached hydrogens (tertiary/aromatic N) is 1. The average Bonchev–Trinajstić information content (AvgIpc) is 2.09. The molecule has 0 rings (SSSR count). The van der Waals surface area contributed by atoms with Crippen LogP contribution >= 0.6 is 0 Å². The van der Waals surface area contributed by atoms with Crippen molar-refractivity contribution in [3.8, 4) is 0 Å². The number of carboxylic acids is 1. The summed E-state index contributed by atoms with van der Waals surface area (Å²) in [6.45, 7) is 2.50. The van der Waals surface area contributed by atoms with E-state index < -0.39 is 37.1 Å². The van der Waals surface area contributed by atoms with Gasteiger partial charge in [0.15, 0.2) is 5.92 Å². The molecule has 0 aliphatic heterocycles. The number of halogens is 3. The Kier molecular flexibility index (Phi) is 6.10. The number of hydrogen-bond donors (Lipinski definition) is 2. The van der Waals surface area contributed by atoms with Crippen LogP contribution in [-0.4, -0.2) is 47.7 Å². The van der Waals surface area contributed by atoms with Crippen LogP contribution in [0.1, 0.15) is 13.8 Å². The molecule has 0 aliphatic carbocycles. The SMILES string of the molecule is CC(C)CN(CC(N)=O)CC(C(=O)O)C(F)(F)F. The maximum absolute atomic E-state index is 12.5. The van der Waals surface area contributed by atoms with Gasteiger partial charge in [0.2, 0.25) is 5.91 Å². The van der Waals surface area contributed by atoms with Crippen molar-refractivity contribution in [2.45, 2.75) is 20.0 Å². The molecular weight excluding hydrogens is 253 g/mol. The molecule has 0 saturated heterocycles. The maximum Gasteiger partial charge on any atom is 0.403 e. The minimum atomic E-state index is -4.85. The molecule has 1 atom stereocenters. The molecule has 0 heterocycles. The third-order valence-electron chi connectivity index (χ3n) is 2.14. The first-order chi connectivity index (χ1) is 8.04. The number of amides is 1. The van der Waals surface area contributed by atoms with Crippen LogP contribution in [0.3, 0.4) is 0 Å². The van der Waals surface area contributed by atoms with Crippen molar-refractivity contribution in [2.24, 2.45) is 17.6 Å². The Morgan fingerprint density at radius 2 is 1.78 bits per heavy atom. The number of carboxylic acid groups (broad SMARTS) is 1. The Morgan fingerprint density at radius 1 is 1.28 bits per heavy atom. The molecule has 0 fully saturated rings. The van der Waals surface area contributed by atoms with Gasteiger partial charge in [-0.3, -0.25) is 14.5 Å². The van der Waals surface area contributed by atoms with Crippen LogP contribution in [0.15, 0.2) is 0 Å². The molecule has 18 heavy (non-hydrogen) atoms. The number of primary amides is 1. The van der Waals surface area contributed by atoms with E-state index in [0.29, 0.717) is 0 Å². The third kappa shape index (κ3) is 6.43. The van der Waals surface area contributed by atoms with Crippen LogP contribution < -0.4 is 5.73 Å². The predicted molar refractivity (Wildman–Crippen MR) is 57.7 cm³/mol. The molecule has 0 spiro atoms. The minimum absolute atomic E-state index is 0.00738. The minimum Gasteiger partial charge on any atom is -0.481 e. The zero-order valence-corrected chi connectivity index (χ0v) is 10.2. The second-order valence-electron chi connectivity index (χ2n) is 4.49. The molecule has 106 valence electrons. The largest absolute Gasteiger partial charge is 0.481 e. The molecule has 0 aromatic rings. The molecule has 0 aromatic carbocycles. The number of nitrogens with two attached hydrogens (primary N) is 1. The van der Waals surface area contributed by atoms with Crippen molar-refractivity contribution in [2.75, 3.05) is 19.6 Å². The lowest BCUT2D eigenvalue weighted by molar-refractivity contribution is -0.197. The van der Waals surface area contributed by atoms with E-state index in [2.05, 4.69) is 0 Å². The highest BCUT2D eigenvalue weighted by atomic mass is 19.4.